The molecule has 0 bridgehead atoms. The van der Waals surface area contributed by atoms with E-state index in [4.69, 9.17) is 28.6 Å². The second-order valence-corrected chi connectivity index (χ2v) is 5.35. The standard InChI is InChI=1S/C15H13ClN2OS/c1-9-8-10(19-2)6-7-12(9)18-13-5-3-4-11(16)14(13)17-15(18)20/h3-8H,1-2H3,(H,17,20). The third kappa shape index (κ3) is 2.01. The maximum absolute atomic E-state index is 6.21. The van der Waals surface area contributed by atoms with Crippen molar-refractivity contribution in [1.82, 2.24) is 9.55 Å². The first-order valence-electron chi connectivity index (χ1n) is 6.16. The van der Waals surface area contributed by atoms with Gasteiger partial charge in [0.25, 0.3) is 0 Å². The minimum Gasteiger partial charge on any atom is -0.497 e. The molecule has 0 radical (unpaired) electrons. The predicted molar refractivity (Wildman–Crippen MR) is 84.8 cm³/mol. The van der Waals surface area contributed by atoms with E-state index in [1.165, 1.54) is 0 Å². The zero-order valence-corrected chi connectivity index (χ0v) is 12.7. The lowest BCUT2D eigenvalue weighted by Gasteiger charge is -2.10. The summed E-state index contributed by atoms with van der Waals surface area (Å²) in [5.74, 6) is 0.829. The molecule has 1 aromatic heterocycles. The van der Waals surface area contributed by atoms with E-state index in [9.17, 15) is 0 Å². The summed E-state index contributed by atoms with van der Waals surface area (Å²) in [7, 11) is 1.66. The maximum atomic E-state index is 6.21. The average Bonchev–Trinajstić information content (AvgIpc) is 2.77. The van der Waals surface area contributed by atoms with E-state index in [-0.39, 0.29) is 0 Å². The number of methoxy groups -OCH3 is 1. The molecule has 0 spiro atoms. The Kier molecular flexibility index (Phi) is 3.28. The molecule has 3 rings (SSSR count). The molecule has 102 valence electrons. The molecule has 0 atom stereocenters. The van der Waals surface area contributed by atoms with Crippen molar-refractivity contribution >= 4 is 34.9 Å². The van der Waals surface area contributed by atoms with E-state index < -0.39 is 0 Å². The number of benzene rings is 2. The number of halogens is 1. The number of para-hydroxylation sites is 1. The van der Waals surface area contributed by atoms with Gasteiger partial charge in [0.05, 0.1) is 28.9 Å². The van der Waals surface area contributed by atoms with Crippen LogP contribution in [-0.2, 0) is 0 Å². The first-order chi connectivity index (χ1) is 9.61. The predicted octanol–water partition coefficient (Wildman–Crippen LogP) is 4.66. The van der Waals surface area contributed by atoms with Crippen LogP contribution >= 0.6 is 23.8 Å². The highest BCUT2D eigenvalue weighted by Crippen LogP contribution is 2.28. The molecule has 0 aliphatic heterocycles. The quantitative estimate of drug-likeness (QED) is 0.698. The molecule has 20 heavy (non-hydrogen) atoms. The molecule has 0 aliphatic carbocycles. The normalized spacial score (nSPS) is 10.9. The van der Waals surface area contributed by atoms with E-state index in [2.05, 4.69) is 4.98 Å². The second kappa shape index (κ2) is 4.96. The lowest BCUT2D eigenvalue weighted by molar-refractivity contribution is 0.414. The monoisotopic (exact) mass is 304 g/mol. The van der Waals surface area contributed by atoms with Gasteiger partial charge in [-0.1, -0.05) is 17.7 Å². The van der Waals surface area contributed by atoms with E-state index in [1.54, 1.807) is 7.11 Å². The Morgan fingerprint density at radius 2 is 2.05 bits per heavy atom. The number of hydrogen-bond acceptors (Lipinski definition) is 2. The summed E-state index contributed by atoms with van der Waals surface area (Å²) < 4.78 is 7.86. The van der Waals surface area contributed by atoms with Crippen LogP contribution in [0.25, 0.3) is 16.7 Å². The van der Waals surface area contributed by atoms with Crippen LogP contribution in [0.15, 0.2) is 36.4 Å². The average molecular weight is 305 g/mol. The Hall–Kier alpha value is -1.78. The molecule has 5 heteroatoms. The number of ether oxygens (including phenoxy) is 1. The van der Waals surface area contributed by atoms with Crippen LogP contribution in [0.2, 0.25) is 5.02 Å². The van der Waals surface area contributed by atoms with Crippen molar-refractivity contribution in [3.05, 3.63) is 51.8 Å². The summed E-state index contributed by atoms with van der Waals surface area (Å²) in [5, 5.41) is 0.665. The summed E-state index contributed by atoms with van der Waals surface area (Å²) in [6, 6.07) is 11.7. The summed E-state index contributed by atoms with van der Waals surface area (Å²) >= 11 is 11.6. The van der Waals surface area contributed by atoms with Crippen LogP contribution in [-0.4, -0.2) is 16.7 Å². The third-order valence-corrected chi connectivity index (χ3v) is 3.91. The van der Waals surface area contributed by atoms with Gasteiger partial charge in [0.2, 0.25) is 0 Å². The molecule has 0 amide bonds. The van der Waals surface area contributed by atoms with Gasteiger partial charge in [-0.2, -0.15) is 0 Å². The minimum atomic E-state index is 0.626. The Balaban J connectivity index is 2.32. The van der Waals surface area contributed by atoms with Crippen molar-refractivity contribution in [2.24, 2.45) is 0 Å². The number of nitrogens with zero attached hydrogens (tertiary/aromatic N) is 1. The lowest BCUT2D eigenvalue weighted by atomic mass is 10.2. The van der Waals surface area contributed by atoms with Crippen molar-refractivity contribution in [3.63, 3.8) is 0 Å². The van der Waals surface area contributed by atoms with Gasteiger partial charge in [-0.3, -0.25) is 4.57 Å². The molecule has 1 heterocycles. The van der Waals surface area contributed by atoms with Crippen LogP contribution in [0.1, 0.15) is 5.56 Å². The third-order valence-electron chi connectivity index (χ3n) is 3.31. The number of aromatic nitrogens is 2. The number of aromatic amines is 1. The number of rotatable bonds is 2. The summed E-state index contributed by atoms with van der Waals surface area (Å²) in [6.45, 7) is 2.03. The van der Waals surface area contributed by atoms with Crippen molar-refractivity contribution in [3.8, 4) is 11.4 Å². The summed E-state index contributed by atoms with van der Waals surface area (Å²) in [6.07, 6.45) is 0. The van der Waals surface area contributed by atoms with Crippen LogP contribution in [0.4, 0.5) is 0 Å². The fourth-order valence-corrected chi connectivity index (χ4v) is 2.86. The van der Waals surface area contributed by atoms with E-state index in [1.807, 2.05) is 47.9 Å². The van der Waals surface area contributed by atoms with Gasteiger partial charge >= 0.3 is 0 Å². The zero-order valence-electron chi connectivity index (χ0n) is 11.1. The van der Waals surface area contributed by atoms with Crippen LogP contribution in [0.3, 0.4) is 0 Å². The molecule has 0 saturated carbocycles. The molecule has 0 aliphatic rings. The SMILES string of the molecule is COc1ccc(-n2c(=S)[nH]c3c(Cl)cccc32)c(C)c1. The van der Waals surface area contributed by atoms with Crippen molar-refractivity contribution < 1.29 is 4.74 Å². The Bertz CT molecular complexity index is 851. The molecule has 1 N–H and O–H groups in total. The Morgan fingerprint density at radius 3 is 2.75 bits per heavy atom. The van der Waals surface area contributed by atoms with Gasteiger partial charge in [-0.25, -0.2) is 0 Å². The molecular formula is C15H13ClN2OS. The summed E-state index contributed by atoms with van der Waals surface area (Å²) in [5.41, 5.74) is 3.93. The highest BCUT2D eigenvalue weighted by atomic mass is 35.5. The van der Waals surface area contributed by atoms with E-state index >= 15 is 0 Å². The number of fused-ring (bicyclic) bond motifs is 1. The minimum absolute atomic E-state index is 0.626. The van der Waals surface area contributed by atoms with Gasteiger partial charge in [-0.05, 0) is 55.0 Å². The van der Waals surface area contributed by atoms with Gasteiger partial charge < -0.3 is 9.72 Å². The molecule has 3 aromatic rings. The van der Waals surface area contributed by atoms with Gasteiger partial charge in [-0.15, -0.1) is 0 Å². The lowest BCUT2D eigenvalue weighted by Crippen LogP contribution is -1.97. The van der Waals surface area contributed by atoms with E-state index in [0.29, 0.717) is 9.79 Å². The second-order valence-electron chi connectivity index (χ2n) is 4.55. The molecule has 0 unspecified atom stereocenters. The number of aryl methyl sites for hydroxylation is 1. The summed E-state index contributed by atoms with van der Waals surface area (Å²) in [4.78, 5) is 3.16. The fourth-order valence-electron chi connectivity index (χ4n) is 2.34. The molecule has 0 fully saturated rings. The van der Waals surface area contributed by atoms with Gasteiger partial charge in [0, 0.05) is 0 Å². The first-order valence-corrected chi connectivity index (χ1v) is 6.94. The highest BCUT2D eigenvalue weighted by Gasteiger charge is 2.11. The van der Waals surface area contributed by atoms with Crippen molar-refractivity contribution in [1.29, 1.82) is 0 Å². The van der Waals surface area contributed by atoms with Crippen LogP contribution in [0, 0.1) is 11.7 Å². The fraction of sp³-hybridized carbons (Fsp3) is 0.133. The number of H-pyrrole nitrogens is 1. The maximum Gasteiger partial charge on any atom is 0.182 e. The molecule has 0 saturated heterocycles. The van der Waals surface area contributed by atoms with Gasteiger partial charge in [0.15, 0.2) is 4.77 Å². The Labute approximate surface area is 126 Å². The largest absolute Gasteiger partial charge is 0.497 e. The van der Waals surface area contributed by atoms with Crippen LogP contribution < -0.4 is 4.74 Å². The number of hydrogen-bond donors (Lipinski definition) is 1. The van der Waals surface area contributed by atoms with Crippen molar-refractivity contribution in [2.75, 3.05) is 7.11 Å². The molecule has 2 aromatic carbocycles. The molecular weight excluding hydrogens is 292 g/mol. The van der Waals surface area contributed by atoms with Crippen LogP contribution in [0.5, 0.6) is 5.75 Å². The first kappa shape index (κ1) is 13.2. The highest BCUT2D eigenvalue weighted by molar-refractivity contribution is 7.71. The Morgan fingerprint density at radius 1 is 1.25 bits per heavy atom. The van der Waals surface area contributed by atoms with Crippen molar-refractivity contribution in [2.45, 2.75) is 6.92 Å². The van der Waals surface area contributed by atoms with Gasteiger partial charge in [0.1, 0.15) is 5.75 Å². The molecule has 3 nitrogen and oxygen atoms in total. The smallest absolute Gasteiger partial charge is 0.182 e. The number of nitrogens with one attached hydrogen (secondary N) is 1. The van der Waals surface area contributed by atoms with E-state index in [0.717, 1.165) is 28.0 Å². The zero-order chi connectivity index (χ0) is 14.3. The number of imidazole rings is 1. The topological polar surface area (TPSA) is 29.9 Å².